The van der Waals surface area contributed by atoms with Gasteiger partial charge in [0, 0.05) is 10.1 Å². The summed E-state index contributed by atoms with van der Waals surface area (Å²) in [5, 5.41) is 9.08. The second-order valence-corrected chi connectivity index (χ2v) is 4.93. The van der Waals surface area contributed by atoms with E-state index in [1.54, 1.807) is 0 Å². The number of aliphatic carboxylic acids is 1. The third-order valence-corrected chi connectivity index (χ3v) is 3.81. The third kappa shape index (κ3) is 3.01. The van der Waals surface area contributed by atoms with Crippen LogP contribution in [0.2, 0.25) is 5.02 Å². The van der Waals surface area contributed by atoms with E-state index in [2.05, 4.69) is 4.84 Å². The van der Waals surface area contributed by atoms with Gasteiger partial charge in [0.2, 0.25) is 0 Å². The molecule has 0 saturated heterocycles. The summed E-state index contributed by atoms with van der Waals surface area (Å²) in [4.78, 5) is 26.5. The zero-order valence-corrected chi connectivity index (χ0v) is 10.8. The highest BCUT2D eigenvalue weighted by Crippen LogP contribution is 2.35. The molecule has 1 aromatic carbocycles. The van der Waals surface area contributed by atoms with E-state index in [1.165, 1.54) is 18.2 Å². The summed E-state index contributed by atoms with van der Waals surface area (Å²) in [6.45, 7) is -0.664. The van der Waals surface area contributed by atoms with Crippen LogP contribution in [0, 0.1) is 5.82 Å². The van der Waals surface area contributed by atoms with Crippen LogP contribution in [0.4, 0.5) is 4.39 Å². The summed E-state index contributed by atoms with van der Waals surface area (Å²) in [7, 11) is 0. The maximum absolute atomic E-state index is 13.0. The summed E-state index contributed by atoms with van der Waals surface area (Å²) in [5.41, 5.74) is 1.96. The normalized spacial score (nSPS) is 10.6. The first-order chi connectivity index (χ1) is 8.99. The van der Waals surface area contributed by atoms with Gasteiger partial charge in [-0.25, -0.2) is 14.7 Å². The van der Waals surface area contributed by atoms with Gasteiger partial charge in [-0.15, -0.1) is 11.3 Å². The van der Waals surface area contributed by atoms with Crippen molar-refractivity contribution in [3.63, 3.8) is 0 Å². The molecule has 19 heavy (non-hydrogen) atoms. The first kappa shape index (κ1) is 13.7. The van der Waals surface area contributed by atoms with E-state index in [4.69, 9.17) is 16.7 Å². The summed E-state index contributed by atoms with van der Waals surface area (Å²) >= 11 is 6.99. The predicted molar refractivity (Wildman–Crippen MR) is 67.8 cm³/mol. The van der Waals surface area contributed by atoms with E-state index in [0.29, 0.717) is 10.1 Å². The maximum atomic E-state index is 13.0. The second-order valence-electron chi connectivity index (χ2n) is 3.50. The number of hydrogen-bond donors (Lipinski definition) is 2. The molecule has 0 fully saturated rings. The van der Waals surface area contributed by atoms with Crippen molar-refractivity contribution < 1.29 is 23.9 Å². The molecular weight excluding hydrogens is 297 g/mol. The molecular formula is C11H7ClFNO4S. The highest BCUT2D eigenvalue weighted by atomic mass is 35.5. The molecule has 1 heterocycles. The Balaban J connectivity index is 2.22. The minimum atomic E-state index is -1.22. The Morgan fingerprint density at radius 2 is 2.21 bits per heavy atom. The first-order valence-electron chi connectivity index (χ1n) is 5.00. The van der Waals surface area contributed by atoms with E-state index < -0.39 is 24.3 Å². The number of carbonyl (C=O) groups is 2. The topological polar surface area (TPSA) is 75.6 Å². The van der Waals surface area contributed by atoms with Crippen molar-refractivity contribution in [1.82, 2.24) is 5.48 Å². The Labute approximate surface area is 115 Å². The van der Waals surface area contributed by atoms with Gasteiger partial charge >= 0.3 is 5.97 Å². The highest BCUT2D eigenvalue weighted by Gasteiger charge is 2.17. The van der Waals surface area contributed by atoms with Crippen molar-refractivity contribution in [3.8, 4) is 0 Å². The van der Waals surface area contributed by atoms with Crippen LogP contribution in [0.25, 0.3) is 10.1 Å². The fourth-order valence-electron chi connectivity index (χ4n) is 1.39. The minimum Gasteiger partial charge on any atom is -0.479 e. The smallest absolute Gasteiger partial charge is 0.332 e. The molecule has 0 radical (unpaired) electrons. The van der Waals surface area contributed by atoms with Gasteiger partial charge in [0.05, 0.1) is 5.02 Å². The van der Waals surface area contributed by atoms with Gasteiger partial charge in [0.15, 0.2) is 6.61 Å². The number of benzene rings is 1. The molecule has 0 spiro atoms. The molecule has 0 aliphatic heterocycles. The second kappa shape index (κ2) is 5.52. The lowest BCUT2D eigenvalue weighted by molar-refractivity contribution is -0.144. The van der Waals surface area contributed by atoms with Gasteiger partial charge in [-0.3, -0.25) is 9.63 Å². The highest BCUT2D eigenvalue weighted by molar-refractivity contribution is 7.21. The predicted octanol–water partition coefficient (Wildman–Crippen LogP) is 2.44. The lowest BCUT2D eigenvalue weighted by atomic mass is 10.2. The molecule has 0 aliphatic rings. The third-order valence-electron chi connectivity index (χ3n) is 2.16. The van der Waals surface area contributed by atoms with Crippen molar-refractivity contribution in [3.05, 3.63) is 33.9 Å². The van der Waals surface area contributed by atoms with Crippen LogP contribution in [0.15, 0.2) is 18.2 Å². The van der Waals surface area contributed by atoms with Crippen LogP contribution in [-0.2, 0) is 9.63 Å². The number of fused-ring (bicyclic) bond motifs is 1. The van der Waals surface area contributed by atoms with Crippen LogP contribution < -0.4 is 5.48 Å². The molecule has 0 unspecified atom stereocenters. The fourth-order valence-corrected chi connectivity index (χ4v) is 2.82. The Morgan fingerprint density at radius 3 is 2.89 bits per heavy atom. The SMILES string of the molecule is O=C(O)CONC(=O)c1sc2cc(F)ccc2c1Cl. The van der Waals surface area contributed by atoms with Gasteiger partial charge in [0.25, 0.3) is 5.91 Å². The maximum Gasteiger partial charge on any atom is 0.332 e. The zero-order chi connectivity index (χ0) is 14.0. The molecule has 0 bridgehead atoms. The van der Waals surface area contributed by atoms with Crippen LogP contribution in [0.3, 0.4) is 0 Å². The summed E-state index contributed by atoms with van der Waals surface area (Å²) in [6.07, 6.45) is 0. The monoisotopic (exact) mass is 303 g/mol. The Hall–Kier alpha value is -1.70. The van der Waals surface area contributed by atoms with E-state index >= 15 is 0 Å². The van der Waals surface area contributed by atoms with Gasteiger partial charge in [-0.05, 0) is 18.2 Å². The molecule has 0 saturated carbocycles. The Kier molecular flexibility index (Phi) is 3.98. The first-order valence-corrected chi connectivity index (χ1v) is 6.20. The van der Waals surface area contributed by atoms with Gasteiger partial charge in [-0.2, -0.15) is 0 Å². The molecule has 1 aromatic heterocycles. The molecule has 5 nitrogen and oxygen atoms in total. The molecule has 2 rings (SSSR count). The molecule has 8 heteroatoms. The number of carboxylic acid groups (broad SMARTS) is 1. The van der Waals surface area contributed by atoms with Crippen LogP contribution in [0.5, 0.6) is 0 Å². The number of carbonyl (C=O) groups excluding carboxylic acids is 1. The van der Waals surface area contributed by atoms with E-state index in [0.717, 1.165) is 11.3 Å². The quantitative estimate of drug-likeness (QED) is 0.851. The number of halogens is 2. The molecule has 0 atom stereocenters. The van der Waals surface area contributed by atoms with Crippen molar-refractivity contribution in [2.24, 2.45) is 0 Å². The Morgan fingerprint density at radius 1 is 1.47 bits per heavy atom. The number of carboxylic acids is 1. The zero-order valence-electron chi connectivity index (χ0n) is 9.28. The average molecular weight is 304 g/mol. The fraction of sp³-hybridized carbons (Fsp3) is 0.0909. The molecule has 0 aliphatic carbocycles. The lowest BCUT2D eigenvalue weighted by Gasteiger charge is -2.01. The Bertz CT molecular complexity index is 657. The summed E-state index contributed by atoms with van der Waals surface area (Å²) < 4.78 is 13.6. The van der Waals surface area contributed by atoms with Gasteiger partial charge in [0.1, 0.15) is 10.7 Å². The average Bonchev–Trinajstić information content (AvgIpc) is 2.65. The van der Waals surface area contributed by atoms with Crippen molar-refractivity contribution in [1.29, 1.82) is 0 Å². The summed E-state index contributed by atoms with van der Waals surface area (Å²) in [6, 6.07) is 3.97. The lowest BCUT2D eigenvalue weighted by Crippen LogP contribution is -2.26. The van der Waals surface area contributed by atoms with E-state index in [1.807, 2.05) is 5.48 Å². The largest absolute Gasteiger partial charge is 0.479 e. The van der Waals surface area contributed by atoms with Gasteiger partial charge in [-0.1, -0.05) is 11.6 Å². The van der Waals surface area contributed by atoms with Gasteiger partial charge < -0.3 is 5.11 Å². The number of amides is 1. The molecule has 2 aromatic rings. The minimum absolute atomic E-state index is 0.132. The van der Waals surface area contributed by atoms with Crippen LogP contribution >= 0.6 is 22.9 Å². The standard InChI is InChI=1S/C11H7ClFNO4S/c12-9-6-2-1-5(13)3-7(6)19-10(9)11(17)14-18-4-8(15)16/h1-3H,4H2,(H,14,17)(H,15,16). The summed E-state index contributed by atoms with van der Waals surface area (Å²) in [5.74, 6) is -2.32. The van der Waals surface area contributed by atoms with Crippen molar-refractivity contribution >= 4 is 44.9 Å². The molecule has 1 amide bonds. The number of thiophene rings is 1. The molecule has 2 N–H and O–H groups in total. The van der Waals surface area contributed by atoms with Crippen molar-refractivity contribution in [2.45, 2.75) is 0 Å². The van der Waals surface area contributed by atoms with E-state index in [9.17, 15) is 14.0 Å². The van der Waals surface area contributed by atoms with E-state index in [-0.39, 0.29) is 9.90 Å². The molecule has 100 valence electrons. The van der Waals surface area contributed by atoms with Crippen LogP contribution in [0.1, 0.15) is 9.67 Å². The number of hydrogen-bond acceptors (Lipinski definition) is 4. The van der Waals surface area contributed by atoms with Crippen molar-refractivity contribution in [2.75, 3.05) is 6.61 Å². The van der Waals surface area contributed by atoms with Crippen LogP contribution in [-0.4, -0.2) is 23.6 Å². The number of hydroxylamine groups is 1. The number of nitrogens with one attached hydrogen (secondary N) is 1. The number of rotatable bonds is 4.